The molecule has 0 radical (unpaired) electrons. The molecule has 1 aliphatic rings. The first kappa shape index (κ1) is 21.9. The van der Waals surface area contributed by atoms with Crippen LogP contribution < -0.4 is 14.4 Å². The second-order valence-electron chi connectivity index (χ2n) is 7.36. The molecule has 33 heavy (non-hydrogen) atoms. The summed E-state index contributed by atoms with van der Waals surface area (Å²) in [6.45, 7) is 5.65. The number of Topliss-reactive ketones (excluding diaryl/α,β-unsaturated/α-hetero) is 1. The summed E-state index contributed by atoms with van der Waals surface area (Å²) in [4.78, 5) is 27.4. The largest absolute Gasteiger partial charge is 0.507 e. The monoisotopic (exact) mass is 446 g/mol. The number of ether oxygens (including phenoxy) is 2. The van der Waals surface area contributed by atoms with Crippen molar-refractivity contribution in [3.63, 3.8) is 0 Å². The lowest BCUT2D eigenvalue weighted by molar-refractivity contribution is -0.132. The Morgan fingerprint density at radius 3 is 2.39 bits per heavy atom. The number of methoxy groups -OCH3 is 1. The van der Waals surface area contributed by atoms with Crippen molar-refractivity contribution >= 4 is 23.3 Å². The minimum absolute atomic E-state index is 0.0504. The van der Waals surface area contributed by atoms with Crippen LogP contribution in [0.25, 0.3) is 5.76 Å². The Morgan fingerprint density at radius 2 is 1.82 bits per heavy atom. The first-order chi connectivity index (χ1) is 15.9. The summed E-state index contributed by atoms with van der Waals surface area (Å²) in [6.07, 6.45) is 1.63. The van der Waals surface area contributed by atoms with Gasteiger partial charge in [-0.25, -0.2) is 0 Å². The van der Waals surface area contributed by atoms with Crippen LogP contribution >= 0.6 is 0 Å². The minimum Gasteiger partial charge on any atom is -0.507 e. The Morgan fingerprint density at radius 1 is 1.15 bits per heavy atom. The van der Waals surface area contributed by atoms with E-state index in [1.807, 2.05) is 0 Å². The topological polar surface area (TPSA) is 102 Å². The van der Waals surface area contributed by atoms with E-state index in [-0.39, 0.29) is 17.2 Å². The number of anilines is 1. The van der Waals surface area contributed by atoms with Crippen molar-refractivity contribution in [3.05, 3.63) is 89.7 Å². The van der Waals surface area contributed by atoms with Gasteiger partial charge in [0.1, 0.15) is 29.6 Å². The van der Waals surface area contributed by atoms with Gasteiger partial charge in [0.25, 0.3) is 5.78 Å². The van der Waals surface area contributed by atoms with E-state index >= 15 is 0 Å². The molecule has 1 atom stereocenters. The van der Waals surface area contributed by atoms with E-state index in [0.29, 0.717) is 35.0 Å². The molecule has 3 aromatic rings. The number of hydrogen-bond donors (Lipinski definition) is 1. The zero-order valence-electron chi connectivity index (χ0n) is 18.1. The molecular formula is C25H22N2O6. The molecule has 8 nitrogen and oxygen atoms in total. The Labute approximate surface area is 190 Å². The maximum absolute atomic E-state index is 13.1. The highest BCUT2D eigenvalue weighted by Gasteiger charge is 2.48. The highest BCUT2D eigenvalue weighted by Crippen LogP contribution is 2.42. The van der Waals surface area contributed by atoms with Crippen molar-refractivity contribution in [2.75, 3.05) is 18.6 Å². The summed E-state index contributed by atoms with van der Waals surface area (Å²) >= 11 is 0. The normalized spacial score (nSPS) is 17.3. The molecule has 0 bridgehead atoms. The van der Waals surface area contributed by atoms with Crippen molar-refractivity contribution < 1.29 is 28.7 Å². The molecule has 8 heteroatoms. The summed E-state index contributed by atoms with van der Waals surface area (Å²) in [7, 11) is 1.53. The van der Waals surface area contributed by atoms with Gasteiger partial charge in [0.05, 0.1) is 18.7 Å². The van der Waals surface area contributed by atoms with Crippen molar-refractivity contribution in [3.8, 4) is 11.5 Å². The number of nitrogens with zero attached hydrogens (tertiary/aromatic N) is 2. The van der Waals surface area contributed by atoms with E-state index < -0.39 is 17.7 Å². The number of aliphatic hydroxyl groups is 1. The van der Waals surface area contributed by atoms with E-state index in [1.165, 1.54) is 12.0 Å². The summed E-state index contributed by atoms with van der Waals surface area (Å²) in [5.74, 6) is -0.0684. The maximum atomic E-state index is 13.1. The molecule has 2 aromatic carbocycles. The van der Waals surface area contributed by atoms with Gasteiger partial charge < -0.3 is 19.1 Å². The van der Waals surface area contributed by atoms with Gasteiger partial charge in [-0.1, -0.05) is 29.9 Å². The number of benzene rings is 2. The van der Waals surface area contributed by atoms with Crippen LogP contribution in [-0.2, 0) is 9.59 Å². The standard InChI is InChI=1S/C25H22N2O6/c1-4-13-32-19-11-5-16(6-12-19)22-21(23(28)17-7-9-18(31-3)10-8-17)24(29)25(30)27(22)20-14-15(2)33-26-20/h4-12,14,22,28H,1,13H2,2-3H3/b23-21+/t22-/m0/s1. The summed E-state index contributed by atoms with van der Waals surface area (Å²) in [5, 5.41) is 15.0. The number of amides is 1. The van der Waals surface area contributed by atoms with E-state index in [2.05, 4.69) is 11.7 Å². The molecule has 0 aliphatic carbocycles. The Balaban J connectivity index is 1.85. The molecule has 1 saturated heterocycles. The van der Waals surface area contributed by atoms with Crippen LogP contribution in [0.2, 0.25) is 0 Å². The molecule has 0 spiro atoms. The van der Waals surface area contributed by atoms with Crippen LogP contribution in [0, 0.1) is 6.92 Å². The number of hydrogen-bond acceptors (Lipinski definition) is 7. The molecule has 0 saturated carbocycles. The predicted octanol–water partition coefficient (Wildman–Crippen LogP) is 4.18. The van der Waals surface area contributed by atoms with Crippen LogP contribution in [0.1, 0.15) is 22.9 Å². The van der Waals surface area contributed by atoms with Gasteiger partial charge >= 0.3 is 5.91 Å². The lowest BCUT2D eigenvalue weighted by Crippen LogP contribution is -2.29. The lowest BCUT2D eigenvalue weighted by Gasteiger charge is -2.23. The molecule has 1 amide bonds. The van der Waals surface area contributed by atoms with Crippen LogP contribution in [0.4, 0.5) is 5.82 Å². The Kier molecular flexibility index (Phi) is 5.99. The van der Waals surface area contributed by atoms with Crippen molar-refractivity contribution in [1.29, 1.82) is 0 Å². The highest BCUT2D eigenvalue weighted by molar-refractivity contribution is 6.51. The number of aryl methyl sites for hydroxylation is 1. The number of aliphatic hydroxyl groups excluding tert-OH is 1. The van der Waals surface area contributed by atoms with Gasteiger partial charge in [-0.05, 0) is 48.9 Å². The van der Waals surface area contributed by atoms with Crippen LogP contribution in [-0.4, -0.2) is 35.7 Å². The zero-order chi connectivity index (χ0) is 23.5. The van der Waals surface area contributed by atoms with Gasteiger partial charge in [-0.3, -0.25) is 14.5 Å². The van der Waals surface area contributed by atoms with Gasteiger partial charge in [0.2, 0.25) is 0 Å². The Hall–Kier alpha value is -4.33. The molecule has 1 fully saturated rings. The molecule has 4 rings (SSSR count). The predicted molar refractivity (Wildman–Crippen MR) is 121 cm³/mol. The number of ketones is 1. The zero-order valence-corrected chi connectivity index (χ0v) is 18.1. The van der Waals surface area contributed by atoms with Crippen molar-refractivity contribution in [1.82, 2.24) is 5.16 Å². The van der Waals surface area contributed by atoms with Crippen LogP contribution in [0.5, 0.6) is 11.5 Å². The number of carbonyl (C=O) groups is 2. The summed E-state index contributed by atoms with van der Waals surface area (Å²) < 4.78 is 15.8. The highest BCUT2D eigenvalue weighted by atomic mass is 16.5. The van der Waals surface area contributed by atoms with Crippen molar-refractivity contribution in [2.45, 2.75) is 13.0 Å². The minimum atomic E-state index is -0.912. The van der Waals surface area contributed by atoms with Gasteiger partial charge in [0, 0.05) is 11.6 Å². The fourth-order valence-electron chi connectivity index (χ4n) is 3.66. The fraction of sp³-hybridized carbons (Fsp3) is 0.160. The fourth-order valence-corrected chi connectivity index (χ4v) is 3.66. The third kappa shape index (κ3) is 4.10. The first-order valence-corrected chi connectivity index (χ1v) is 10.2. The number of rotatable bonds is 7. The summed E-state index contributed by atoms with van der Waals surface area (Å²) in [5.41, 5.74) is 0.919. The van der Waals surface area contributed by atoms with E-state index in [0.717, 1.165) is 0 Å². The average molecular weight is 446 g/mol. The maximum Gasteiger partial charge on any atom is 0.301 e. The smallest absolute Gasteiger partial charge is 0.301 e. The van der Waals surface area contributed by atoms with Crippen LogP contribution in [0.3, 0.4) is 0 Å². The van der Waals surface area contributed by atoms with Crippen molar-refractivity contribution in [2.24, 2.45) is 0 Å². The average Bonchev–Trinajstić information content (AvgIpc) is 3.38. The summed E-state index contributed by atoms with van der Waals surface area (Å²) in [6, 6.07) is 14.1. The molecular weight excluding hydrogens is 424 g/mol. The second kappa shape index (κ2) is 9.04. The third-order valence-corrected chi connectivity index (χ3v) is 5.23. The Bertz CT molecular complexity index is 1220. The SMILES string of the molecule is C=CCOc1ccc([C@H]2/C(=C(\O)c3ccc(OC)cc3)C(=O)C(=O)N2c2cc(C)on2)cc1. The molecule has 1 aliphatic heterocycles. The first-order valence-electron chi connectivity index (χ1n) is 10.2. The van der Waals surface area contributed by atoms with E-state index in [1.54, 1.807) is 67.6 Å². The lowest BCUT2D eigenvalue weighted by atomic mass is 9.95. The quantitative estimate of drug-likeness (QED) is 0.251. The number of aromatic nitrogens is 1. The number of carbonyl (C=O) groups excluding carboxylic acids is 2. The molecule has 2 heterocycles. The second-order valence-corrected chi connectivity index (χ2v) is 7.36. The van der Waals surface area contributed by atoms with Gasteiger partial charge in [-0.15, -0.1) is 0 Å². The molecule has 1 N–H and O–H groups in total. The third-order valence-electron chi connectivity index (χ3n) is 5.23. The van der Waals surface area contributed by atoms with Crippen LogP contribution in [0.15, 0.2) is 77.3 Å². The van der Waals surface area contributed by atoms with E-state index in [9.17, 15) is 14.7 Å². The van der Waals surface area contributed by atoms with Gasteiger partial charge in [0.15, 0.2) is 5.82 Å². The molecule has 0 unspecified atom stereocenters. The van der Waals surface area contributed by atoms with Gasteiger partial charge in [-0.2, -0.15) is 0 Å². The molecule has 1 aromatic heterocycles. The molecule has 168 valence electrons. The van der Waals surface area contributed by atoms with E-state index in [4.69, 9.17) is 14.0 Å².